The minimum Gasteiger partial charge on any atom is -0.291 e. The van der Waals surface area contributed by atoms with E-state index >= 15 is 0 Å². The zero-order chi connectivity index (χ0) is 14.5. The molecule has 0 saturated heterocycles. The van der Waals surface area contributed by atoms with Crippen LogP contribution in [-0.2, 0) is 19.4 Å². The Hall–Kier alpha value is -2.19. The molecule has 0 amide bonds. The van der Waals surface area contributed by atoms with Gasteiger partial charge in [0.1, 0.15) is 0 Å². The van der Waals surface area contributed by atoms with E-state index in [0.717, 1.165) is 25.0 Å². The van der Waals surface area contributed by atoms with Crippen molar-refractivity contribution in [3.63, 3.8) is 0 Å². The van der Waals surface area contributed by atoms with Crippen LogP contribution >= 0.6 is 0 Å². The number of fused-ring (bicyclic) bond motifs is 5. The first-order valence-corrected chi connectivity index (χ1v) is 8.08. The average molecular weight is 286 g/mol. The van der Waals surface area contributed by atoms with Gasteiger partial charge in [-0.1, -0.05) is 42.5 Å². The van der Waals surface area contributed by atoms with Crippen molar-refractivity contribution >= 4 is 10.9 Å². The molecule has 1 aromatic heterocycles. The van der Waals surface area contributed by atoms with E-state index in [0.29, 0.717) is 6.04 Å². The molecular weight excluding hydrogens is 268 g/mol. The average Bonchev–Trinajstić information content (AvgIpc) is 2.58. The highest BCUT2D eigenvalue weighted by molar-refractivity contribution is 5.79. The van der Waals surface area contributed by atoms with Gasteiger partial charge in [0.2, 0.25) is 0 Å². The molecule has 22 heavy (non-hydrogen) atoms. The second-order valence-electron chi connectivity index (χ2n) is 6.43. The van der Waals surface area contributed by atoms with Crippen LogP contribution in [0.4, 0.5) is 0 Å². The van der Waals surface area contributed by atoms with Crippen molar-refractivity contribution in [2.24, 2.45) is 0 Å². The van der Waals surface area contributed by atoms with Gasteiger partial charge >= 0.3 is 0 Å². The number of pyridine rings is 1. The quantitative estimate of drug-likeness (QED) is 0.623. The number of rotatable bonds is 0. The van der Waals surface area contributed by atoms with Crippen molar-refractivity contribution in [1.29, 1.82) is 0 Å². The maximum Gasteiger partial charge on any atom is 0.0705 e. The van der Waals surface area contributed by atoms with Gasteiger partial charge in [0.05, 0.1) is 5.52 Å². The summed E-state index contributed by atoms with van der Waals surface area (Å²) in [6, 6.07) is 20.2. The fourth-order valence-corrected chi connectivity index (χ4v) is 4.05. The van der Waals surface area contributed by atoms with Gasteiger partial charge in [0.15, 0.2) is 0 Å². The summed E-state index contributed by atoms with van der Waals surface area (Å²) in [7, 11) is 0. The van der Waals surface area contributed by atoms with Crippen molar-refractivity contribution in [3.8, 4) is 0 Å². The van der Waals surface area contributed by atoms with Crippen LogP contribution in [0.2, 0.25) is 0 Å². The molecule has 0 fully saturated rings. The monoisotopic (exact) mass is 286 g/mol. The third-order valence-electron chi connectivity index (χ3n) is 5.18. The number of hydrogen-bond donors (Lipinski definition) is 0. The molecule has 3 aromatic rings. The van der Waals surface area contributed by atoms with Gasteiger partial charge in [-0.2, -0.15) is 0 Å². The van der Waals surface area contributed by atoms with Crippen LogP contribution in [0.3, 0.4) is 0 Å². The van der Waals surface area contributed by atoms with Gasteiger partial charge < -0.3 is 0 Å². The van der Waals surface area contributed by atoms with E-state index in [9.17, 15) is 0 Å². The summed E-state index contributed by atoms with van der Waals surface area (Å²) in [5.74, 6) is 0. The molecule has 2 aliphatic rings. The van der Waals surface area contributed by atoms with E-state index < -0.39 is 0 Å². The Kier molecular flexibility index (Phi) is 2.61. The predicted molar refractivity (Wildman–Crippen MR) is 88.7 cm³/mol. The number of hydrogen-bond acceptors (Lipinski definition) is 2. The highest BCUT2D eigenvalue weighted by Crippen LogP contribution is 2.37. The Labute approximate surface area is 130 Å². The maximum atomic E-state index is 4.95. The van der Waals surface area contributed by atoms with Gasteiger partial charge in [0.25, 0.3) is 0 Å². The second kappa shape index (κ2) is 4.65. The van der Waals surface area contributed by atoms with Gasteiger partial charge in [-0.25, -0.2) is 0 Å². The molecule has 108 valence electrons. The summed E-state index contributed by atoms with van der Waals surface area (Å²) >= 11 is 0. The summed E-state index contributed by atoms with van der Waals surface area (Å²) in [4.78, 5) is 7.58. The molecule has 0 saturated carbocycles. The van der Waals surface area contributed by atoms with E-state index in [4.69, 9.17) is 4.98 Å². The Morgan fingerprint density at radius 1 is 0.955 bits per heavy atom. The van der Waals surface area contributed by atoms with Crippen molar-refractivity contribution in [3.05, 3.63) is 77.0 Å². The lowest BCUT2D eigenvalue weighted by molar-refractivity contribution is 0.159. The van der Waals surface area contributed by atoms with E-state index in [1.54, 1.807) is 0 Å². The van der Waals surface area contributed by atoms with Crippen molar-refractivity contribution < 1.29 is 0 Å². The molecule has 2 aromatic carbocycles. The normalized spacial score (nSPS) is 20.3. The lowest BCUT2D eigenvalue weighted by Gasteiger charge is -2.41. The van der Waals surface area contributed by atoms with Gasteiger partial charge in [-0.3, -0.25) is 9.88 Å². The third-order valence-corrected chi connectivity index (χ3v) is 5.18. The molecule has 2 heteroatoms. The molecule has 0 bridgehead atoms. The summed E-state index contributed by atoms with van der Waals surface area (Å²) in [6.07, 6.45) is 2.21. The fourth-order valence-electron chi connectivity index (χ4n) is 4.05. The summed E-state index contributed by atoms with van der Waals surface area (Å²) < 4.78 is 0. The summed E-state index contributed by atoms with van der Waals surface area (Å²) in [6.45, 7) is 2.19. The van der Waals surface area contributed by atoms with E-state index in [1.165, 1.54) is 34.2 Å². The van der Waals surface area contributed by atoms with Gasteiger partial charge in [-0.15, -0.1) is 0 Å². The number of nitrogens with zero attached hydrogens (tertiary/aromatic N) is 2. The molecule has 3 heterocycles. The maximum absolute atomic E-state index is 4.95. The smallest absolute Gasteiger partial charge is 0.0705 e. The van der Waals surface area contributed by atoms with Gasteiger partial charge in [0, 0.05) is 36.6 Å². The van der Waals surface area contributed by atoms with Crippen molar-refractivity contribution in [2.75, 3.05) is 6.54 Å². The molecule has 0 N–H and O–H groups in total. The summed E-state index contributed by atoms with van der Waals surface area (Å²) in [5.41, 5.74) is 6.85. The van der Waals surface area contributed by atoms with Gasteiger partial charge in [-0.05, 0) is 35.2 Å². The van der Waals surface area contributed by atoms with Crippen molar-refractivity contribution in [2.45, 2.75) is 25.4 Å². The van der Waals surface area contributed by atoms with Crippen LogP contribution in [0.5, 0.6) is 0 Å². The van der Waals surface area contributed by atoms with Crippen LogP contribution in [0, 0.1) is 0 Å². The topological polar surface area (TPSA) is 16.1 Å². The Bertz CT molecular complexity index is 868. The number of para-hydroxylation sites is 1. The van der Waals surface area contributed by atoms with E-state index in [-0.39, 0.29) is 0 Å². The van der Waals surface area contributed by atoms with Crippen LogP contribution < -0.4 is 0 Å². The highest BCUT2D eigenvalue weighted by Gasteiger charge is 2.32. The third kappa shape index (κ3) is 1.80. The molecule has 0 unspecified atom stereocenters. The first-order chi connectivity index (χ1) is 10.9. The molecule has 0 aliphatic carbocycles. The lowest BCUT2D eigenvalue weighted by atomic mass is 9.86. The predicted octanol–water partition coefficient (Wildman–Crippen LogP) is 3.89. The molecule has 2 aliphatic heterocycles. The second-order valence-corrected chi connectivity index (χ2v) is 6.43. The zero-order valence-corrected chi connectivity index (χ0v) is 12.5. The highest BCUT2D eigenvalue weighted by atomic mass is 15.2. The Morgan fingerprint density at radius 3 is 2.82 bits per heavy atom. The number of benzene rings is 2. The Morgan fingerprint density at radius 2 is 1.82 bits per heavy atom. The molecule has 5 rings (SSSR count). The lowest BCUT2D eigenvalue weighted by Crippen LogP contribution is -2.39. The number of aromatic nitrogens is 1. The Balaban J connectivity index is 1.63. The van der Waals surface area contributed by atoms with Crippen LogP contribution in [0.25, 0.3) is 10.9 Å². The SMILES string of the molecule is c1ccc2c(c1)CCN1Cc3cc4ccccc4nc3C[C@@H]21. The molecule has 2 nitrogen and oxygen atoms in total. The molecular formula is C20H18N2. The largest absolute Gasteiger partial charge is 0.291 e. The molecule has 0 spiro atoms. The first kappa shape index (κ1) is 12.4. The minimum absolute atomic E-state index is 0.506. The van der Waals surface area contributed by atoms with E-state index in [1.807, 2.05) is 0 Å². The van der Waals surface area contributed by atoms with Crippen LogP contribution in [0.15, 0.2) is 54.6 Å². The minimum atomic E-state index is 0.506. The summed E-state index contributed by atoms with van der Waals surface area (Å²) in [5, 5.41) is 1.26. The zero-order valence-electron chi connectivity index (χ0n) is 12.5. The molecule has 0 radical (unpaired) electrons. The fraction of sp³-hybridized carbons (Fsp3) is 0.250. The van der Waals surface area contributed by atoms with Crippen LogP contribution in [0.1, 0.15) is 28.4 Å². The van der Waals surface area contributed by atoms with Crippen molar-refractivity contribution in [1.82, 2.24) is 9.88 Å². The molecule has 1 atom stereocenters. The first-order valence-electron chi connectivity index (χ1n) is 8.08. The van der Waals surface area contributed by atoms with Crippen LogP contribution in [-0.4, -0.2) is 16.4 Å². The standard InChI is InChI=1S/C20H18N2/c1-3-7-17-14(5-1)9-10-22-13-16-11-15-6-2-4-8-18(15)21-19(16)12-20(17)22/h1-8,11,20H,9-10,12-13H2/t20-/m0/s1. The van der Waals surface area contributed by atoms with E-state index in [2.05, 4.69) is 59.5 Å².